The number of aromatic amines is 1. The highest BCUT2D eigenvalue weighted by atomic mass is 16.5. The van der Waals surface area contributed by atoms with E-state index in [4.69, 9.17) is 10.5 Å². The van der Waals surface area contributed by atoms with Gasteiger partial charge in [-0.25, -0.2) is 0 Å². The van der Waals surface area contributed by atoms with Crippen LogP contribution < -0.4 is 5.73 Å². The maximum absolute atomic E-state index is 5.50. The summed E-state index contributed by atoms with van der Waals surface area (Å²) in [5.41, 5.74) is 6.61. The third-order valence-corrected chi connectivity index (χ3v) is 2.22. The average molecular weight is 167 g/mol. The Hall–Kier alpha value is -1.03. The number of H-pyrrole nitrogens is 1. The van der Waals surface area contributed by atoms with E-state index >= 15 is 0 Å². The van der Waals surface area contributed by atoms with Gasteiger partial charge in [-0.05, 0) is 12.8 Å². The summed E-state index contributed by atoms with van der Waals surface area (Å²) >= 11 is 0. The average Bonchev–Trinajstić information content (AvgIpc) is 2.54. The van der Waals surface area contributed by atoms with Gasteiger partial charge in [0.25, 0.3) is 0 Å². The van der Waals surface area contributed by atoms with E-state index in [1.54, 1.807) is 0 Å². The van der Waals surface area contributed by atoms with E-state index in [0.717, 1.165) is 25.3 Å². The number of rotatable bonds is 1. The van der Waals surface area contributed by atoms with Crippen LogP contribution in [0.5, 0.6) is 0 Å². The Kier molecular flexibility index (Phi) is 1.99. The van der Waals surface area contributed by atoms with Crippen molar-refractivity contribution >= 4 is 5.82 Å². The zero-order valence-electron chi connectivity index (χ0n) is 6.92. The van der Waals surface area contributed by atoms with E-state index in [0.29, 0.717) is 11.7 Å². The number of nitrogens with zero attached hydrogens (tertiary/aromatic N) is 1. The van der Waals surface area contributed by atoms with Gasteiger partial charge in [0.2, 0.25) is 0 Å². The van der Waals surface area contributed by atoms with E-state index in [-0.39, 0.29) is 0 Å². The van der Waals surface area contributed by atoms with Crippen molar-refractivity contribution in [3.8, 4) is 0 Å². The van der Waals surface area contributed by atoms with E-state index < -0.39 is 0 Å². The highest BCUT2D eigenvalue weighted by Crippen LogP contribution is 2.24. The number of hydrogen-bond donors (Lipinski definition) is 2. The zero-order valence-corrected chi connectivity index (χ0v) is 6.92. The molecule has 0 amide bonds. The first kappa shape index (κ1) is 7.61. The Morgan fingerprint density at radius 3 is 3.17 bits per heavy atom. The zero-order chi connectivity index (χ0) is 8.39. The van der Waals surface area contributed by atoms with Gasteiger partial charge in [-0.15, -0.1) is 0 Å². The molecule has 1 aromatic rings. The molecule has 3 N–H and O–H groups in total. The number of aromatic nitrogens is 2. The second kappa shape index (κ2) is 3.15. The lowest BCUT2D eigenvalue weighted by molar-refractivity contribution is 0.0793. The van der Waals surface area contributed by atoms with Crippen LogP contribution in [0.3, 0.4) is 0 Å². The number of ether oxygens (including phenoxy) is 1. The fraction of sp³-hybridized carbons (Fsp3) is 0.625. The van der Waals surface area contributed by atoms with Crippen molar-refractivity contribution in [3.63, 3.8) is 0 Å². The summed E-state index contributed by atoms with van der Waals surface area (Å²) in [6.45, 7) is 1.68. The molecule has 0 aromatic carbocycles. The van der Waals surface area contributed by atoms with Crippen molar-refractivity contribution in [3.05, 3.63) is 11.8 Å². The number of anilines is 1. The molecule has 1 aliphatic rings. The molecule has 1 aromatic heterocycles. The number of nitrogens with two attached hydrogens (primary N) is 1. The summed E-state index contributed by atoms with van der Waals surface area (Å²) in [6.07, 6.45) is 2.30. The Balaban J connectivity index is 2.08. The third kappa shape index (κ3) is 1.43. The van der Waals surface area contributed by atoms with Gasteiger partial charge >= 0.3 is 0 Å². The molecule has 66 valence electrons. The van der Waals surface area contributed by atoms with Gasteiger partial charge in [0.15, 0.2) is 0 Å². The van der Waals surface area contributed by atoms with Crippen molar-refractivity contribution in [1.29, 1.82) is 0 Å². The summed E-state index contributed by atoms with van der Waals surface area (Å²) in [6, 6.07) is 1.89. The molecule has 1 fully saturated rings. The fourth-order valence-electron chi connectivity index (χ4n) is 1.55. The molecule has 0 radical (unpaired) electrons. The summed E-state index contributed by atoms with van der Waals surface area (Å²) < 4.78 is 5.36. The summed E-state index contributed by atoms with van der Waals surface area (Å²) in [5.74, 6) is 1.03. The van der Waals surface area contributed by atoms with Crippen LogP contribution >= 0.6 is 0 Å². The quantitative estimate of drug-likeness (QED) is 0.652. The molecule has 2 rings (SSSR count). The van der Waals surface area contributed by atoms with Gasteiger partial charge in [-0.1, -0.05) is 0 Å². The first-order valence-corrected chi connectivity index (χ1v) is 4.25. The normalized spacial score (nSPS) is 24.2. The SMILES string of the molecule is Nc1cc([C@H]2CCCOC2)[nH]n1. The van der Waals surface area contributed by atoms with Crippen LogP contribution in [0.25, 0.3) is 0 Å². The van der Waals surface area contributed by atoms with Gasteiger partial charge in [-0.2, -0.15) is 5.10 Å². The lowest BCUT2D eigenvalue weighted by atomic mass is 9.99. The second-order valence-corrected chi connectivity index (χ2v) is 3.16. The minimum absolute atomic E-state index is 0.462. The van der Waals surface area contributed by atoms with Gasteiger partial charge in [0.05, 0.1) is 6.61 Å². The van der Waals surface area contributed by atoms with Crippen molar-refractivity contribution in [2.45, 2.75) is 18.8 Å². The smallest absolute Gasteiger partial charge is 0.145 e. The van der Waals surface area contributed by atoms with E-state index in [2.05, 4.69) is 10.2 Å². The third-order valence-electron chi connectivity index (χ3n) is 2.22. The molecule has 1 saturated heterocycles. The fourth-order valence-corrected chi connectivity index (χ4v) is 1.55. The van der Waals surface area contributed by atoms with Crippen LogP contribution in [0.15, 0.2) is 6.07 Å². The molecule has 2 heterocycles. The molecule has 0 unspecified atom stereocenters. The summed E-state index contributed by atoms with van der Waals surface area (Å²) in [7, 11) is 0. The monoisotopic (exact) mass is 167 g/mol. The van der Waals surface area contributed by atoms with Crippen LogP contribution in [0.2, 0.25) is 0 Å². The van der Waals surface area contributed by atoms with Crippen molar-refractivity contribution < 1.29 is 4.74 Å². The van der Waals surface area contributed by atoms with Gasteiger partial charge in [0.1, 0.15) is 5.82 Å². The van der Waals surface area contributed by atoms with Crippen molar-refractivity contribution in [1.82, 2.24) is 10.2 Å². The molecule has 0 bridgehead atoms. The Morgan fingerprint density at radius 1 is 1.67 bits per heavy atom. The van der Waals surface area contributed by atoms with Gasteiger partial charge in [0, 0.05) is 24.3 Å². The van der Waals surface area contributed by atoms with Crippen LogP contribution in [-0.4, -0.2) is 23.4 Å². The molecule has 1 aliphatic heterocycles. The van der Waals surface area contributed by atoms with Crippen LogP contribution in [0, 0.1) is 0 Å². The van der Waals surface area contributed by atoms with E-state index in [1.807, 2.05) is 6.07 Å². The van der Waals surface area contributed by atoms with Crippen LogP contribution in [0.1, 0.15) is 24.5 Å². The maximum atomic E-state index is 5.50. The Labute approximate surface area is 71.1 Å². The van der Waals surface area contributed by atoms with Gasteiger partial charge < -0.3 is 10.5 Å². The van der Waals surface area contributed by atoms with E-state index in [1.165, 1.54) is 6.42 Å². The highest BCUT2D eigenvalue weighted by molar-refractivity contribution is 5.30. The Bertz CT molecular complexity index is 253. The maximum Gasteiger partial charge on any atom is 0.145 e. The number of nitrogens with one attached hydrogen (secondary N) is 1. The molecule has 0 saturated carbocycles. The molecule has 12 heavy (non-hydrogen) atoms. The summed E-state index contributed by atoms with van der Waals surface area (Å²) in [4.78, 5) is 0. The van der Waals surface area contributed by atoms with Crippen molar-refractivity contribution in [2.75, 3.05) is 18.9 Å². The Morgan fingerprint density at radius 2 is 2.58 bits per heavy atom. The molecular weight excluding hydrogens is 154 g/mol. The largest absolute Gasteiger partial charge is 0.382 e. The predicted molar refractivity (Wildman–Crippen MR) is 45.8 cm³/mol. The predicted octanol–water partition coefficient (Wildman–Crippen LogP) is 0.886. The molecule has 4 nitrogen and oxygen atoms in total. The minimum atomic E-state index is 0.462. The minimum Gasteiger partial charge on any atom is -0.382 e. The van der Waals surface area contributed by atoms with Crippen molar-refractivity contribution in [2.24, 2.45) is 0 Å². The van der Waals surface area contributed by atoms with Crippen LogP contribution in [0.4, 0.5) is 5.82 Å². The molecule has 4 heteroatoms. The lowest BCUT2D eigenvalue weighted by Gasteiger charge is -2.20. The molecule has 0 spiro atoms. The lowest BCUT2D eigenvalue weighted by Crippen LogP contribution is -2.15. The second-order valence-electron chi connectivity index (χ2n) is 3.16. The molecular formula is C8H13N3O. The molecule has 0 aliphatic carbocycles. The summed E-state index contributed by atoms with van der Waals surface area (Å²) in [5, 5.41) is 6.81. The number of hydrogen-bond acceptors (Lipinski definition) is 3. The highest BCUT2D eigenvalue weighted by Gasteiger charge is 2.17. The number of nitrogen functional groups attached to an aromatic ring is 1. The van der Waals surface area contributed by atoms with Crippen LogP contribution in [-0.2, 0) is 4.74 Å². The van der Waals surface area contributed by atoms with E-state index in [9.17, 15) is 0 Å². The first-order valence-electron chi connectivity index (χ1n) is 4.25. The topological polar surface area (TPSA) is 63.9 Å². The standard InChI is InChI=1S/C8H13N3O/c9-8-4-7(10-11-8)6-2-1-3-12-5-6/h4,6H,1-3,5H2,(H3,9,10,11)/t6-/m0/s1. The molecule has 1 atom stereocenters. The first-order chi connectivity index (χ1) is 5.86. The van der Waals surface area contributed by atoms with Gasteiger partial charge in [-0.3, -0.25) is 5.10 Å².